The standard InChI is InChI=1S/C21H19FN6O2/c22-15-9-12-3-1-6-19(29)28(17(12)10-14(15)20(23)30)18-5-2-4-16(25-18)21-26-24-11-27(21)13-7-8-13/h2,4-5,9-11,13H,1,3,6-8H2,(H2,23,30). The van der Waals surface area contributed by atoms with Crippen molar-refractivity contribution in [3.05, 3.63) is 53.6 Å². The summed E-state index contributed by atoms with van der Waals surface area (Å²) in [7, 11) is 0. The van der Waals surface area contributed by atoms with Crippen LogP contribution in [0.5, 0.6) is 0 Å². The smallest absolute Gasteiger partial charge is 0.251 e. The third-order valence-corrected chi connectivity index (χ3v) is 5.47. The van der Waals surface area contributed by atoms with Crippen LogP contribution in [-0.2, 0) is 11.2 Å². The minimum absolute atomic E-state index is 0.177. The number of carbonyl (C=O) groups excluding carboxylic acids is 2. The number of halogens is 1. The topological polar surface area (TPSA) is 107 Å². The Bertz CT molecular complexity index is 1170. The number of aryl methyl sites for hydroxylation is 1. The Morgan fingerprint density at radius 2 is 2.03 bits per heavy atom. The van der Waals surface area contributed by atoms with Gasteiger partial charge in [-0.05, 0) is 55.5 Å². The van der Waals surface area contributed by atoms with Gasteiger partial charge in [0.2, 0.25) is 5.91 Å². The molecule has 2 amide bonds. The van der Waals surface area contributed by atoms with E-state index in [4.69, 9.17) is 5.73 Å². The van der Waals surface area contributed by atoms with E-state index in [0.29, 0.717) is 47.5 Å². The van der Waals surface area contributed by atoms with Crippen molar-refractivity contribution in [2.45, 2.75) is 38.1 Å². The second kappa shape index (κ2) is 7.01. The lowest BCUT2D eigenvalue weighted by Crippen LogP contribution is -2.27. The van der Waals surface area contributed by atoms with Crippen molar-refractivity contribution in [2.75, 3.05) is 4.90 Å². The predicted octanol–water partition coefficient (Wildman–Crippen LogP) is 2.91. The van der Waals surface area contributed by atoms with Crippen LogP contribution in [0.25, 0.3) is 11.5 Å². The quantitative estimate of drug-likeness (QED) is 0.717. The molecule has 8 nitrogen and oxygen atoms in total. The highest BCUT2D eigenvalue weighted by Gasteiger charge is 2.29. The second-order valence-corrected chi connectivity index (χ2v) is 7.58. The van der Waals surface area contributed by atoms with Crippen LogP contribution in [-0.4, -0.2) is 31.6 Å². The van der Waals surface area contributed by atoms with Crippen LogP contribution in [0, 0.1) is 5.82 Å². The van der Waals surface area contributed by atoms with Crippen molar-refractivity contribution in [2.24, 2.45) is 5.73 Å². The molecular weight excluding hydrogens is 387 g/mol. The van der Waals surface area contributed by atoms with Crippen LogP contribution in [0.15, 0.2) is 36.7 Å². The van der Waals surface area contributed by atoms with Crippen LogP contribution in [0.3, 0.4) is 0 Å². The third kappa shape index (κ3) is 3.12. The van der Waals surface area contributed by atoms with Gasteiger partial charge in [-0.2, -0.15) is 0 Å². The number of fused-ring (bicyclic) bond motifs is 1. The Hall–Kier alpha value is -3.62. The van der Waals surface area contributed by atoms with Crippen LogP contribution >= 0.6 is 0 Å². The number of primary amides is 1. The van der Waals surface area contributed by atoms with Crippen LogP contribution in [0.1, 0.15) is 47.6 Å². The van der Waals surface area contributed by atoms with E-state index in [-0.39, 0.29) is 17.9 Å². The predicted molar refractivity (Wildman–Crippen MR) is 107 cm³/mol. The summed E-state index contributed by atoms with van der Waals surface area (Å²) in [6, 6.07) is 8.32. The first-order valence-electron chi connectivity index (χ1n) is 9.85. The van der Waals surface area contributed by atoms with Gasteiger partial charge >= 0.3 is 0 Å². The average molecular weight is 406 g/mol. The molecule has 2 aromatic heterocycles. The van der Waals surface area contributed by atoms with Crippen LogP contribution in [0.2, 0.25) is 0 Å². The van der Waals surface area contributed by atoms with E-state index >= 15 is 0 Å². The van der Waals surface area contributed by atoms with Gasteiger partial charge in [0.1, 0.15) is 23.7 Å². The molecule has 0 saturated heterocycles. The molecule has 0 radical (unpaired) electrons. The summed E-state index contributed by atoms with van der Waals surface area (Å²) >= 11 is 0. The zero-order valence-electron chi connectivity index (χ0n) is 16.1. The van der Waals surface area contributed by atoms with Crippen molar-refractivity contribution in [3.63, 3.8) is 0 Å². The highest BCUT2D eigenvalue weighted by atomic mass is 19.1. The van der Waals surface area contributed by atoms with Gasteiger partial charge in [0.25, 0.3) is 5.91 Å². The summed E-state index contributed by atoms with van der Waals surface area (Å²) in [5.41, 5.74) is 6.73. The Labute approximate surface area is 171 Å². The molecular formula is C21H19FN6O2. The molecule has 0 spiro atoms. The molecule has 30 heavy (non-hydrogen) atoms. The molecule has 5 rings (SSSR count). The average Bonchev–Trinajstić information content (AvgIpc) is 3.48. The molecule has 2 aliphatic rings. The molecule has 1 aliphatic heterocycles. The molecule has 1 aromatic carbocycles. The molecule has 0 unspecified atom stereocenters. The number of amides is 2. The number of carbonyl (C=O) groups is 2. The summed E-state index contributed by atoms with van der Waals surface area (Å²) < 4.78 is 16.3. The molecule has 0 bridgehead atoms. The first-order chi connectivity index (χ1) is 14.5. The van der Waals surface area contributed by atoms with Gasteiger partial charge in [0.05, 0.1) is 11.3 Å². The zero-order chi connectivity index (χ0) is 20.8. The van der Waals surface area contributed by atoms with E-state index in [9.17, 15) is 14.0 Å². The van der Waals surface area contributed by atoms with E-state index in [1.54, 1.807) is 18.5 Å². The van der Waals surface area contributed by atoms with Gasteiger partial charge in [0.15, 0.2) is 5.82 Å². The summed E-state index contributed by atoms with van der Waals surface area (Å²) in [5.74, 6) is -0.725. The van der Waals surface area contributed by atoms with Crippen molar-refractivity contribution in [3.8, 4) is 11.5 Å². The van der Waals surface area contributed by atoms with E-state index in [2.05, 4.69) is 15.2 Å². The number of hydrogen-bond donors (Lipinski definition) is 1. The first-order valence-corrected chi connectivity index (χ1v) is 9.85. The molecule has 152 valence electrons. The Morgan fingerprint density at radius 3 is 2.80 bits per heavy atom. The van der Waals surface area contributed by atoms with E-state index in [0.717, 1.165) is 12.8 Å². The van der Waals surface area contributed by atoms with Gasteiger partial charge in [-0.1, -0.05) is 6.07 Å². The van der Waals surface area contributed by atoms with Gasteiger partial charge in [-0.15, -0.1) is 10.2 Å². The number of benzene rings is 1. The first kappa shape index (κ1) is 18.4. The third-order valence-electron chi connectivity index (χ3n) is 5.47. The monoisotopic (exact) mass is 406 g/mol. The van der Waals surface area contributed by atoms with Gasteiger partial charge in [0, 0.05) is 12.5 Å². The van der Waals surface area contributed by atoms with Gasteiger partial charge in [-0.25, -0.2) is 9.37 Å². The molecule has 0 atom stereocenters. The fourth-order valence-corrected chi connectivity index (χ4v) is 3.85. The number of anilines is 2. The molecule has 1 saturated carbocycles. The number of pyridine rings is 1. The van der Waals surface area contributed by atoms with Gasteiger partial charge < -0.3 is 10.3 Å². The highest BCUT2D eigenvalue weighted by molar-refractivity contribution is 6.03. The Morgan fingerprint density at radius 1 is 1.20 bits per heavy atom. The minimum Gasteiger partial charge on any atom is -0.366 e. The number of nitrogens with two attached hydrogens (primary N) is 1. The zero-order valence-corrected chi connectivity index (χ0v) is 16.1. The minimum atomic E-state index is -0.883. The van der Waals surface area contributed by atoms with Gasteiger partial charge in [-0.3, -0.25) is 14.5 Å². The lowest BCUT2D eigenvalue weighted by molar-refractivity contribution is -0.117. The maximum absolute atomic E-state index is 14.3. The SMILES string of the molecule is NC(=O)c1cc2c(cc1F)CCCC(=O)N2c1cccc(-c2nncn2C2CC2)n1. The molecule has 3 aromatic rings. The van der Waals surface area contributed by atoms with E-state index in [1.807, 2.05) is 10.6 Å². The maximum atomic E-state index is 14.3. The summed E-state index contributed by atoms with van der Waals surface area (Å²) in [6.07, 6.45) is 5.22. The van der Waals surface area contributed by atoms with Crippen LogP contribution < -0.4 is 10.6 Å². The summed E-state index contributed by atoms with van der Waals surface area (Å²) in [4.78, 5) is 30.8. The number of hydrogen-bond acceptors (Lipinski definition) is 5. The van der Waals surface area contributed by atoms with Crippen molar-refractivity contribution >= 4 is 23.3 Å². The lowest BCUT2D eigenvalue weighted by Gasteiger charge is -2.23. The molecule has 2 N–H and O–H groups in total. The lowest BCUT2D eigenvalue weighted by atomic mass is 10.0. The van der Waals surface area contributed by atoms with Crippen molar-refractivity contribution in [1.82, 2.24) is 19.7 Å². The number of aromatic nitrogens is 4. The largest absolute Gasteiger partial charge is 0.366 e. The molecule has 9 heteroatoms. The number of nitrogens with zero attached hydrogens (tertiary/aromatic N) is 5. The molecule has 3 heterocycles. The fraction of sp³-hybridized carbons (Fsp3) is 0.286. The maximum Gasteiger partial charge on any atom is 0.251 e. The number of rotatable bonds is 4. The highest BCUT2D eigenvalue weighted by Crippen LogP contribution is 2.38. The fourth-order valence-electron chi connectivity index (χ4n) is 3.85. The van der Waals surface area contributed by atoms with Crippen molar-refractivity contribution in [1.29, 1.82) is 0 Å². The van der Waals surface area contributed by atoms with E-state index < -0.39 is 11.7 Å². The summed E-state index contributed by atoms with van der Waals surface area (Å²) in [5, 5.41) is 8.21. The van der Waals surface area contributed by atoms with Crippen molar-refractivity contribution < 1.29 is 14.0 Å². The summed E-state index contributed by atoms with van der Waals surface area (Å²) in [6.45, 7) is 0. The molecule has 1 aliphatic carbocycles. The second-order valence-electron chi connectivity index (χ2n) is 7.58. The van der Waals surface area contributed by atoms with E-state index in [1.165, 1.54) is 17.0 Å². The molecule has 1 fully saturated rings. The Kier molecular flexibility index (Phi) is 4.30. The Balaban J connectivity index is 1.63. The normalized spacial score (nSPS) is 16.3. The van der Waals surface area contributed by atoms with Crippen LogP contribution in [0.4, 0.5) is 15.9 Å².